The van der Waals surface area contributed by atoms with Crippen LogP contribution in [0.4, 0.5) is 0 Å². The molecule has 3 aromatic rings. The van der Waals surface area contributed by atoms with Crippen molar-refractivity contribution < 1.29 is 9.53 Å². The van der Waals surface area contributed by atoms with Crippen LogP contribution in [0.3, 0.4) is 0 Å². The lowest BCUT2D eigenvalue weighted by atomic mass is 10.1. The van der Waals surface area contributed by atoms with E-state index < -0.39 is 5.91 Å². The zero-order valence-electron chi connectivity index (χ0n) is 17.2. The van der Waals surface area contributed by atoms with Gasteiger partial charge in [0.2, 0.25) is 10.1 Å². The molecule has 0 unspecified atom stereocenters. The Balaban J connectivity index is 1.35. The summed E-state index contributed by atoms with van der Waals surface area (Å²) in [4.78, 5) is 33.5. The number of carbonyl (C=O) groups is 1. The Labute approximate surface area is 199 Å². The highest BCUT2D eigenvalue weighted by molar-refractivity contribution is 8.26. The smallest absolute Gasteiger partial charge is 0.283 e. The topological polar surface area (TPSA) is 125 Å². The molecule has 1 N–H and O–H groups in total. The Kier molecular flexibility index (Phi) is 5.35. The molecule has 0 saturated carbocycles. The molecule has 33 heavy (non-hydrogen) atoms. The second-order valence-corrected chi connectivity index (χ2v) is 9.75. The first-order chi connectivity index (χ1) is 15.8. The Hall–Kier alpha value is -3.35. The highest BCUT2D eigenvalue weighted by atomic mass is 35.5. The number of fused-ring (bicyclic) bond motifs is 2. The minimum absolute atomic E-state index is 0.0446. The maximum atomic E-state index is 12.4. The van der Waals surface area contributed by atoms with Crippen molar-refractivity contribution in [1.82, 2.24) is 19.6 Å². The molecule has 1 aromatic carbocycles. The molecule has 2 aromatic heterocycles. The third-order valence-corrected chi connectivity index (χ3v) is 6.54. The molecule has 10 nitrogen and oxygen atoms in total. The van der Waals surface area contributed by atoms with Gasteiger partial charge in [0.05, 0.1) is 21.3 Å². The fourth-order valence-electron chi connectivity index (χ4n) is 3.16. The first-order valence-corrected chi connectivity index (χ1v) is 11.5. The summed E-state index contributed by atoms with van der Waals surface area (Å²) in [5.74, 6) is -0.161. The number of amides is 1. The third-order valence-electron chi connectivity index (χ3n) is 4.60. The van der Waals surface area contributed by atoms with E-state index >= 15 is 0 Å². The number of thioether (sulfide) groups is 1. The molecule has 0 bridgehead atoms. The quantitative estimate of drug-likeness (QED) is 0.545. The van der Waals surface area contributed by atoms with Crippen LogP contribution in [0.5, 0.6) is 5.75 Å². The number of carbonyl (C=O) groups excluding carboxylic acids is 1. The Morgan fingerprint density at radius 1 is 1.24 bits per heavy atom. The lowest BCUT2D eigenvalue weighted by Crippen LogP contribution is -2.35. The van der Waals surface area contributed by atoms with Gasteiger partial charge < -0.3 is 4.74 Å². The van der Waals surface area contributed by atoms with E-state index in [4.69, 9.17) is 21.7 Å². The van der Waals surface area contributed by atoms with E-state index in [-0.39, 0.29) is 23.6 Å². The van der Waals surface area contributed by atoms with Crippen molar-refractivity contribution in [3.63, 3.8) is 0 Å². The summed E-state index contributed by atoms with van der Waals surface area (Å²) in [5.41, 5.74) is 0.891. The Morgan fingerprint density at radius 2 is 2.06 bits per heavy atom. The minimum atomic E-state index is -0.508. The van der Waals surface area contributed by atoms with Gasteiger partial charge in [0.25, 0.3) is 11.5 Å². The maximum absolute atomic E-state index is 12.4. The minimum Gasteiger partial charge on any atom is -0.486 e. The van der Waals surface area contributed by atoms with Crippen LogP contribution in [0.2, 0.25) is 5.02 Å². The predicted octanol–water partition coefficient (Wildman–Crippen LogP) is 3.33. The average Bonchev–Trinajstić information content (AvgIpc) is 3.32. The molecule has 0 fully saturated rings. The molecule has 0 radical (unpaired) electrons. The Bertz CT molecular complexity index is 1510. The zero-order chi connectivity index (χ0) is 23.3. The van der Waals surface area contributed by atoms with Crippen LogP contribution in [0.15, 0.2) is 44.7 Å². The fraction of sp³-hybridized carbons (Fsp3) is 0.150. The molecular formula is C20H14ClN7O3S2. The molecule has 0 spiro atoms. The van der Waals surface area contributed by atoms with Gasteiger partial charge in [0, 0.05) is 6.07 Å². The number of ether oxygens (including phenoxy) is 1. The second-order valence-electron chi connectivity index (χ2n) is 7.02. The lowest BCUT2D eigenvalue weighted by Gasteiger charge is -2.20. The largest absolute Gasteiger partial charge is 0.486 e. The van der Waals surface area contributed by atoms with Gasteiger partial charge >= 0.3 is 0 Å². The Morgan fingerprint density at radius 3 is 2.85 bits per heavy atom. The van der Waals surface area contributed by atoms with Gasteiger partial charge in [-0.05, 0) is 49.4 Å². The summed E-state index contributed by atoms with van der Waals surface area (Å²) in [6.45, 7) is 3.64. The lowest BCUT2D eigenvalue weighted by molar-refractivity contribution is -0.114. The molecule has 1 amide bonds. The van der Waals surface area contributed by atoms with Crippen LogP contribution >= 0.6 is 34.7 Å². The van der Waals surface area contributed by atoms with Crippen LogP contribution in [0.1, 0.15) is 23.2 Å². The van der Waals surface area contributed by atoms with E-state index in [0.717, 1.165) is 5.01 Å². The highest BCUT2D eigenvalue weighted by Crippen LogP contribution is 2.30. The van der Waals surface area contributed by atoms with E-state index in [1.807, 2.05) is 0 Å². The number of aryl methyl sites for hydroxylation is 1. The van der Waals surface area contributed by atoms with Gasteiger partial charge in [-0.15, -0.1) is 0 Å². The van der Waals surface area contributed by atoms with Crippen LogP contribution in [0.25, 0.3) is 11.0 Å². The molecule has 0 atom stereocenters. The monoisotopic (exact) mass is 499 g/mol. The first-order valence-electron chi connectivity index (χ1n) is 9.54. The van der Waals surface area contributed by atoms with Gasteiger partial charge in [-0.3, -0.25) is 15.0 Å². The number of hydrogen-bond donors (Lipinski definition) is 1. The van der Waals surface area contributed by atoms with Crippen molar-refractivity contribution in [1.29, 1.82) is 5.41 Å². The summed E-state index contributed by atoms with van der Waals surface area (Å²) in [6.07, 6.45) is 1.54. The van der Waals surface area contributed by atoms with E-state index in [0.29, 0.717) is 37.2 Å². The number of hydrogen-bond acceptors (Lipinski definition) is 9. The van der Waals surface area contributed by atoms with Gasteiger partial charge in [0.15, 0.2) is 5.84 Å². The molecule has 0 aliphatic carbocycles. The normalized spacial score (nSPS) is 16.9. The molecule has 166 valence electrons. The van der Waals surface area contributed by atoms with Gasteiger partial charge in [-0.1, -0.05) is 29.0 Å². The summed E-state index contributed by atoms with van der Waals surface area (Å²) >= 11 is 8.94. The number of rotatable bonds is 4. The van der Waals surface area contributed by atoms with Crippen molar-refractivity contribution in [3.05, 3.63) is 61.5 Å². The van der Waals surface area contributed by atoms with Crippen molar-refractivity contribution >= 4 is 67.7 Å². The van der Waals surface area contributed by atoms with E-state index in [2.05, 4.69) is 20.2 Å². The summed E-state index contributed by atoms with van der Waals surface area (Å²) in [5, 5.41) is 20.1. The van der Waals surface area contributed by atoms with Gasteiger partial charge in [-0.2, -0.15) is 24.7 Å². The number of amidine groups is 2. The maximum Gasteiger partial charge on any atom is 0.283 e. The molecule has 13 heteroatoms. The summed E-state index contributed by atoms with van der Waals surface area (Å²) in [7, 11) is 0. The van der Waals surface area contributed by atoms with Crippen molar-refractivity contribution in [2.75, 3.05) is 0 Å². The highest BCUT2D eigenvalue weighted by Gasteiger charge is 2.34. The number of benzene rings is 1. The van der Waals surface area contributed by atoms with E-state index in [1.165, 1.54) is 44.8 Å². The van der Waals surface area contributed by atoms with Crippen LogP contribution in [-0.2, 0) is 11.4 Å². The van der Waals surface area contributed by atoms with E-state index in [1.54, 1.807) is 32.0 Å². The molecule has 4 heterocycles. The van der Waals surface area contributed by atoms with Gasteiger partial charge in [-0.25, -0.2) is 4.98 Å². The third kappa shape index (κ3) is 4.08. The molecule has 5 rings (SSSR count). The van der Waals surface area contributed by atoms with Crippen molar-refractivity contribution in [2.45, 2.75) is 20.5 Å². The predicted molar refractivity (Wildman–Crippen MR) is 128 cm³/mol. The summed E-state index contributed by atoms with van der Waals surface area (Å²) in [6, 6.07) is 6.35. The molecule has 0 saturated heterocycles. The number of hydrazone groups is 1. The second kappa shape index (κ2) is 8.21. The first kappa shape index (κ1) is 21.5. The number of aromatic nitrogens is 3. The van der Waals surface area contributed by atoms with Crippen LogP contribution in [-0.4, -0.2) is 41.6 Å². The van der Waals surface area contributed by atoms with Crippen molar-refractivity contribution in [3.8, 4) is 5.75 Å². The SMILES string of the molecule is CC1=NN2C(=N)/C(=C\c3ccc(OCc4cc(=O)n5nc(C)sc5n4)c(Cl)c3)C(=O)N=C2S1. The molecule has 2 aliphatic heterocycles. The van der Waals surface area contributed by atoms with Gasteiger partial charge in [0.1, 0.15) is 17.4 Å². The van der Waals surface area contributed by atoms with Crippen LogP contribution in [0, 0.1) is 12.3 Å². The number of nitrogens with one attached hydrogen (secondary N) is 1. The molecular weight excluding hydrogens is 486 g/mol. The number of halogens is 1. The summed E-state index contributed by atoms with van der Waals surface area (Å²) < 4.78 is 7.00. The van der Waals surface area contributed by atoms with Crippen molar-refractivity contribution in [2.24, 2.45) is 10.1 Å². The average molecular weight is 500 g/mol. The number of nitrogens with zero attached hydrogens (tertiary/aromatic N) is 6. The van der Waals surface area contributed by atoms with E-state index in [9.17, 15) is 9.59 Å². The number of aliphatic imine (C=N–C) groups is 1. The molecule has 2 aliphatic rings. The standard InChI is InChI=1S/C20H14ClN7O3S2/c1-9-25-27-16(29)7-12(23-19(27)32-9)8-31-15-4-3-11(6-14(15)21)5-13-17(22)28-20(24-18(13)30)33-10(2)26-28/h3-7,22H,8H2,1-2H3/b13-5+,22-17?. The zero-order valence-corrected chi connectivity index (χ0v) is 19.6. The fourth-order valence-corrected chi connectivity index (χ4v) is 4.90. The van der Waals surface area contributed by atoms with Crippen LogP contribution < -0.4 is 10.3 Å².